The fraction of sp³-hybridized carbons (Fsp3) is 0.0385. The second kappa shape index (κ2) is 8.94. The van der Waals surface area contributed by atoms with Gasteiger partial charge in [0.25, 0.3) is 0 Å². The first-order chi connectivity index (χ1) is 16.1. The molecule has 4 rings (SSSR count). The van der Waals surface area contributed by atoms with Crippen LogP contribution in [-0.4, -0.2) is 12.1 Å². The van der Waals surface area contributed by atoms with Gasteiger partial charge >= 0.3 is 12.1 Å². The summed E-state index contributed by atoms with van der Waals surface area (Å²) in [6.07, 6.45) is -4.91. The van der Waals surface area contributed by atoms with Gasteiger partial charge in [0.15, 0.2) is 0 Å². The van der Waals surface area contributed by atoms with E-state index in [0.29, 0.717) is 0 Å². The Kier molecular flexibility index (Phi) is 6.03. The van der Waals surface area contributed by atoms with E-state index in [9.17, 15) is 31.1 Å². The quantitative estimate of drug-likeness (QED) is 0.139. The number of hydrogen-bond donors (Lipinski definition) is 0. The molecule has 0 spiro atoms. The maximum absolute atomic E-state index is 14.8. The maximum Gasteiger partial charge on any atom is 0.458 e. The number of ether oxygens (including phenoxy) is 1. The summed E-state index contributed by atoms with van der Waals surface area (Å²) in [6.45, 7) is 0. The lowest BCUT2D eigenvalue weighted by atomic mass is 9.98. The molecule has 0 aliphatic carbocycles. The Balaban J connectivity index is 1.66. The Morgan fingerprint density at radius 1 is 0.824 bits per heavy atom. The summed E-state index contributed by atoms with van der Waals surface area (Å²) in [6, 6.07) is 16.4. The number of halogens is 6. The number of esters is 1. The Morgan fingerprint density at radius 3 is 2.24 bits per heavy atom. The first-order valence-electron chi connectivity index (χ1n) is 9.71. The molecule has 0 aliphatic rings. The summed E-state index contributed by atoms with van der Waals surface area (Å²) in [7, 11) is 0. The predicted octanol–water partition coefficient (Wildman–Crippen LogP) is 7.06. The third-order valence-corrected chi connectivity index (χ3v) is 4.83. The molecule has 0 radical (unpaired) electrons. The van der Waals surface area contributed by atoms with Gasteiger partial charge < -0.3 is 4.74 Å². The first-order valence-corrected chi connectivity index (χ1v) is 9.71. The molecule has 4 aromatic rings. The molecule has 8 heteroatoms. The lowest BCUT2D eigenvalue weighted by molar-refractivity contribution is -0.0696. The van der Waals surface area contributed by atoms with Crippen LogP contribution in [0.25, 0.3) is 21.9 Å². The van der Waals surface area contributed by atoms with Gasteiger partial charge in [0.1, 0.15) is 23.2 Å². The number of fused-ring (bicyclic) bond motifs is 1. The van der Waals surface area contributed by atoms with Crippen molar-refractivity contribution in [3.63, 3.8) is 0 Å². The lowest BCUT2D eigenvalue weighted by Crippen LogP contribution is -2.08. The Morgan fingerprint density at radius 2 is 1.56 bits per heavy atom. The van der Waals surface area contributed by atoms with Gasteiger partial charge in [-0.3, -0.25) is 0 Å². The van der Waals surface area contributed by atoms with Crippen LogP contribution in [0.2, 0.25) is 0 Å². The zero-order valence-corrected chi connectivity index (χ0v) is 17.0. The van der Waals surface area contributed by atoms with Crippen molar-refractivity contribution in [1.29, 1.82) is 0 Å². The Labute approximate surface area is 189 Å². The van der Waals surface area contributed by atoms with Crippen molar-refractivity contribution in [2.45, 2.75) is 6.18 Å². The summed E-state index contributed by atoms with van der Waals surface area (Å²) in [5.74, 6) is -1.68. The predicted molar refractivity (Wildman–Crippen MR) is 114 cm³/mol. The van der Waals surface area contributed by atoms with Gasteiger partial charge in [0.2, 0.25) is 0 Å². The van der Waals surface area contributed by atoms with Gasteiger partial charge in [0.05, 0.1) is 11.1 Å². The second-order valence-electron chi connectivity index (χ2n) is 7.13. The lowest BCUT2D eigenvalue weighted by Gasteiger charge is -2.10. The SMILES string of the molecule is O=C(Oc1ccc(-c2ccc3c(F)c(C#CC(F)(F)F)c(F)cc3c2)c(F)c1)c1ccccc1. The highest BCUT2D eigenvalue weighted by Crippen LogP contribution is 2.32. The number of hydrogen-bond acceptors (Lipinski definition) is 2. The summed E-state index contributed by atoms with van der Waals surface area (Å²) in [5, 5.41) is -0.172. The van der Waals surface area contributed by atoms with Crippen LogP contribution in [0.1, 0.15) is 15.9 Å². The molecule has 0 fully saturated rings. The van der Waals surface area contributed by atoms with Crippen LogP contribution in [0, 0.1) is 29.3 Å². The van der Waals surface area contributed by atoms with Crippen LogP contribution < -0.4 is 4.74 Å². The molecule has 0 atom stereocenters. The topological polar surface area (TPSA) is 26.3 Å². The maximum atomic E-state index is 14.8. The van der Waals surface area contributed by atoms with Crippen molar-refractivity contribution in [2.24, 2.45) is 0 Å². The van der Waals surface area contributed by atoms with Crippen molar-refractivity contribution < 1.29 is 35.9 Å². The Hall–Kier alpha value is -4.25. The van der Waals surface area contributed by atoms with Gasteiger partial charge in [0, 0.05) is 22.9 Å². The standard InChI is InChI=1S/C26H12F6O2/c27-22-13-17-12-16(6-8-20(17)24(29)21(22)10-11-26(30,31)32)19-9-7-18(14-23(19)28)34-25(33)15-4-2-1-3-5-15/h1-9,12-14H. The summed E-state index contributed by atoms with van der Waals surface area (Å²) in [4.78, 5) is 12.1. The molecule has 0 N–H and O–H groups in total. The number of rotatable bonds is 3. The van der Waals surface area contributed by atoms with Gasteiger partial charge in [-0.15, -0.1) is 0 Å². The van der Waals surface area contributed by atoms with E-state index in [-0.39, 0.29) is 33.2 Å². The van der Waals surface area contributed by atoms with E-state index in [1.807, 2.05) is 0 Å². The number of carbonyl (C=O) groups excluding carboxylic acids is 1. The number of benzene rings is 4. The fourth-order valence-corrected chi connectivity index (χ4v) is 3.28. The second-order valence-corrected chi connectivity index (χ2v) is 7.13. The molecule has 4 aromatic carbocycles. The zero-order valence-electron chi connectivity index (χ0n) is 17.0. The van der Waals surface area contributed by atoms with Crippen LogP contribution in [0.3, 0.4) is 0 Å². The van der Waals surface area contributed by atoms with Crippen LogP contribution in [-0.2, 0) is 0 Å². The minimum absolute atomic E-state index is 0.00374. The van der Waals surface area contributed by atoms with E-state index in [1.165, 1.54) is 36.3 Å². The molecule has 2 nitrogen and oxygen atoms in total. The molecule has 0 saturated carbocycles. The molecular formula is C26H12F6O2. The smallest absolute Gasteiger partial charge is 0.423 e. The van der Waals surface area contributed by atoms with E-state index in [2.05, 4.69) is 0 Å². The molecule has 0 aromatic heterocycles. The highest BCUT2D eigenvalue weighted by atomic mass is 19.4. The van der Waals surface area contributed by atoms with E-state index in [1.54, 1.807) is 30.3 Å². The van der Waals surface area contributed by atoms with Gasteiger partial charge in [-0.1, -0.05) is 36.3 Å². The van der Waals surface area contributed by atoms with Gasteiger partial charge in [-0.2, -0.15) is 13.2 Å². The first kappa shape index (κ1) is 22.9. The molecule has 0 bridgehead atoms. The molecule has 0 heterocycles. The third kappa shape index (κ3) is 4.89. The minimum Gasteiger partial charge on any atom is -0.423 e. The van der Waals surface area contributed by atoms with Gasteiger partial charge in [-0.25, -0.2) is 18.0 Å². The van der Waals surface area contributed by atoms with E-state index in [4.69, 9.17) is 4.74 Å². The van der Waals surface area contributed by atoms with Gasteiger partial charge in [-0.05, 0) is 47.3 Å². The van der Waals surface area contributed by atoms with E-state index in [0.717, 1.165) is 18.1 Å². The van der Waals surface area contributed by atoms with Crippen molar-refractivity contribution in [2.75, 3.05) is 0 Å². The third-order valence-electron chi connectivity index (χ3n) is 4.83. The van der Waals surface area contributed by atoms with E-state index < -0.39 is 35.2 Å². The van der Waals surface area contributed by atoms with Crippen LogP contribution in [0.15, 0.2) is 72.8 Å². The molecular weight excluding hydrogens is 458 g/mol. The highest BCUT2D eigenvalue weighted by molar-refractivity contribution is 5.91. The summed E-state index contributed by atoms with van der Waals surface area (Å²) in [5.41, 5.74) is -0.416. The Bertz CT molecular complexity index is 1460. The van der Waals surface area contributed by atoms with Crippen LogP contribution in [0.4, 0.5) is 26.3 Å². The van der Waals surface area contributed by atoms with E-state index >= 15 is 0 Å². The molecule has 0 aliphatic heterocycles. The van der Waals surface area contributed by atoms with Crippen molar-refractivity contribution in [3.05, 3.63) is 101 Å². The molecule has 34 heavy (non-hydrogen) atoms. The normalized spacial score (nSPS) is 11.1. The average Bonchev–Trinajstić information content (AvgIpc) is 2.78. The number of carbonyl (C=O) groups is 1. The average molecular weight is 470 g/mol. The van der Waals surface area contributed by atoms with Crippen molar-refractivity contribution in [1.82, 2.24) is 0 Å². The van der Waals surface area contributed by atoms with Crippen molar-refractivity contribution >= 4 is 16.7 Å². The van der Waals surface area contributed by atoms with Crippen molar-refractivity contribution in [3.8, 4) is 28.7 Å². The zero-order chi connectivity index (χ0) is 24.5. The fourth-order valence-electron chi connectivity index (χ4n) is 3.28. The molecule has 0 saturated heterocycles. The highest BCUT2D eigenvalue weighted by Gasteiger charge is 2.24. The molecule has 170 valence electrons. The van der Waals surface area contributed by atoms with Crippen LogP contribution >= 0.6 is 0 Å². The minimum atomic E-state index is -4.91. The monoisotopic (exact) mass is 470 g/mol. The molecule has 0 unspecified atom stereocenters. The largest absolute Gasteiger partial charge is 0.458 e. The molecule has 0 amide bonds. The summed E-state index contributed by atoms with van der Waals surface area (Å²) >= 11 is 0. The number of alkyl halides is 3. The summed E-state index contributed by atoms with van der Waals surface area (Å²) < 4.78 is 85.7. The van der Waals surface area contributed by atoms with Crippen LogP contribution in [0.5, 0.6) is 5.75 Å².